The second-order valence-electron chi connectivity index (χ2n) is 3.70. The van der Waals surface area contributed by atoms with E-state index in [1.54, 1.807) is 6.07 Å². The van der Waals surface area contributed by atoms with Crippen molar-refractivity contribution in [3.8, 4) is 0 Å². The summed E-state index contributed by atoms with van der Waals surface area (Å²) < 4.78 is 5.50. The topological polar surface area (TPSA) is 84.6 Å². The van der Waals surface area contributed by atoms with Gasteiger partial charge < -0.3 is 15.4 Å². The van der Waals surface area contributed by atoms with Crippen LogP contribution in [0.15, 0.2) is 44.0 Å². The Morgan fingerprint density at radius 2 is 2.11 bits per heavy atom. The largest absolute Gasteiger partial charge is 0.436 e. The number of nitrogens with two attached hydrogens (primary N) is 1. The van der Waals surface area contributed by atoms with Crippen molar-refractivity contribution in [2.24, 2.45) is 10.9 Å². The molecule has 6 heteroatoms. The summed E-state index contributed by atoms with van der Waals surface area (Å²) in [5.74, 6) is 0.858. The predicted molar refractivity (Wildman–Crippen MR) is 69.1 cm³/mol. The monoisotopic (exact) mass is 263 g/mol. The Bertz CT molecular complexity index is 573. The molecule has 0 aliphatic heterocycles. The lowest BCUT2D eigenvalue weighted by Crippen LogP contribution is -2.13. The molecule has 0 bridgehead atoms. The Hall–Kier alpha value is -1.95. The minimum atomic E-state index is 0.0677. The maximum Gasteiger partial charge on any atom is 0.261 e. The lowest BCUT2D eigenvalue weighted by atomic mass is 10.2. The number of aromatic nitrogens is 1. The zero-order valence-corrected chi connectivity index (χ0v) is 10.9. The minimum Gasteiger partial charge on any atom is -0.436 e. The van der Waals surface area contributed by atoms with Gasteiger partial charge in [-0.3, -0.25) is 0 Å². The number of oxazole rings is 1. The van der Waals surface area contributed by atoms with Crippen LogP contribution in [0, 0.1) is 13.8 Å². The number of oxime groups is 1. The van der Waals surface area contributed by atoms with Gasteiger partial charge in [0.15, 0.2) is 5.84 Å². The van der Waals surface area contributed by atoms with Crippen LogP contribution in [0.5, 0.6) is 0 Å². The van der Waals surface area contributed by atoms with E-state index < -0.39 is 0 Å². The Kier molecular flexibility index (Phi) is 3.57. The summed E-state index contributed by atoms with van der Waals surface area (Å²) in [6.07, 6.45) is 0. The van der Waals surface area contributed by atoms with Crippen molar-refractivity contribution in [1.29, 1.82) is 0 Å². The molecule has 0 fully saturated rings. The number of hydrogen-bond acceptors (Lipinski definition) is 5. The van der Waals surface area contributed by atoms with Gasteiger partial charge in [-0.25, -0.2) is 4.98 Å². The molecule has 0 aliphatic rings. The molecule has 2 aromatic rings. The molecular formula is C12H13N3O2S. The van der Waals surface area contributed by atoms with Gasteiger partial charge in [-0.15, -0.1) is 0 Å². The summed E-state index contributed by atoms with van der Waals surface area (Å²) in [5.41, 5.74) is 7.13. The average Bonchev–Trinajstić information content (AvgIpc) is 2.68. The van der Waals surface area contributed by atoms with Crippen molar-refractivity contribution in [2.75, 3.05) is 0 Å². The number of rotatable bonds is 3. The van der Waals surface area contributed by atoms with Crippen LogP contribution in [-0.2, 0) is 0 Å². The highest BCUT2D eigenvalue weighted by Gasteiger charge is 2.12. The summed E-state index contributed by atoms with van der Waals surface area (Å²) in [4.78, 5) is 5.11. The number of aryl methyl sites for hydroxylation is 2. The highest BCUT2D eigenvalue weighted by molar-refractivity contribution is 7.99. The molecule has 0 amide bonds. The molecule has 0 radical (unpaired) electrons. The quantitative estimate of drug-likeness (QED) is 0.385. The normalized spacial score (nSPS) is 11.8. The van der Waals surface area contributed by atoms with E-state index in [0.717, 1.165) is 16.3 Å². The lowest BCUT2D eigenvalue weighted by molar-refractivity contribution is 0.318. The molecule has 0 atom stereocenters. The first kappa shape index (κ1) is 12.5. The van der Waals surface area contributed by atoms with Gasteiger partial charge in [0.2, 0.25) is 0 Å². The molecule has 18 heavy (non-hydrogen) atoms. The fourth-order valence-electron chi connectivity index (χ4n) is 1.40. The highest BCUT2D eigenvalue weighted by Crippen LogP contribution is 2.30. The van der Waals surface area contributed by atoms with Crippen molar-refractivity contribution in [1.82, 2.24) is 4.98 Å². The number of amidine groups is 1. The van der Waals surface area contributed by atoms with Crippen LogP contribution in [0.1, 0.15) is 17.0 Å². The molecule has 1 aromatic heterocycles. The van der Waals surface area contributed by atoms with Gasteiger partial charge in [0.1, 0.15) is 5.76 Å². The van der Waals surface area contributed by atoms with E-state index in [9.17, 15) is 0 Å². The summed E-state index contributed by atoms with van der Waals surface area (Å²) in [6, 6.07) is 7.34. The third-order valence-electron chi connectivity index (χ3n) is 2.48. The van der Waals surface area contributed by atoms with Gasteiger partial charge in [0.25, 0.3) is 5.22 Å². The summed E-state index contributed by atoms with van der Waals surface area (Å²) in [5, 5.41) is 12.3. The van der Waals surface area contributed by atoms with Crippen LogP contribution in [0.4, 0.5) is 0 Å². The molecule has 5 nitrogen and oxygen atoms in total. The first-order chi connectivity index (χ1) is 8.61. The van der Waals surface area contributed by atoms with Gasteiger partial charge in [-0.05, 0) is 31.7 Å². The van der Waals surface area contributed by atoms with E-state index in [4.69, 9.17) is 15.4 Å². The number of hydrogen-bond donors (Lipinski definition) is 2. The molecule has 1 aromatic carbocycles. The van der Waals surface area contributed by atoms with Crippen LogP contribution < -0.4 is 5.73 Å². The Morgan fingerprint density at radius 1 is 1.39 bits per heavy atom. The maximum atomic E-state index is 8.74. The van der Waals surface area contributed by atoms with Crippen molar-refractivity contribution >= 4 is 17.6 Å². The van der Waals surface area contributed by atoms with E-state index >= 15 is 0 Å². The van der Waals surface area contributed by atoms with Crippen LogP contribution in [-0.4, -0.2) is 16.0 Å². The number of nitrogens with zero attached hydrogens (tertiary/aromatic N) is 2. The Morgan fingerprint density at radius 3 is 2.72 bits per heavy atom. The molecule has 94 valence electrons. The molecule has 0 aliphatic carbocycles. The van der Waals surface area contributed by atoms with E-state index in [0.29, 0.717) is 10.8 Å². The Balaban J connectivity index is 2.34. The van der Waals surface area contributed by atoms with Gasteiger partial charge in [-0.1, -0.05) is 23.4 Å². The van der Waals surface area contributed by atoms with Crippen LogP contribution in [0.3, 0.4) is 0 Å². The zero-order valence-electron chi connectivity index (χ0n) is 10.0. The van der Waals surface area contributed by atoms with Gasteiger partial charge in [0, 0.05) is 10.5 Å². The van der Waals surface area contributed by atoms with E-state index in [-0.39, 0.29) is 5.84 Å². The van der Waals surface area contributed by atoms with Crippen molar-refractivity contribution in [3.63, 3.8) is 0 Å². The molecule has 0 unspecified atom stereocenters. The molecule has 2 rings (SSSR count). The molecule has 0 spiro atoms. The molecule has 0 saturated carbocycles. The summed E-state index contributed by atoms with van der Waals surface area (Å²) in [6.45, 7) is 3.75. The average molecular weight is 263 g/mol. The lowest BCUT2D eigenvalue weighted by Gasteiger charge is -2.04. The highest BCUT2D eigenvalue weighted by atomic mass is 32.2. The van der Waals surface area contributed by atoms with Crippen molar-refractivity contribution in [3.05, 3.63) is 41.3 Å². The molecule has 1 heterocycles. The van der Waals surface area contributed by atoms with Gasteiger partial charge in [0.05, 0.1) is 5.69 Å². The fourth-order valence-corrected chi connectivity index (χ4v) is 2.37. The van der Waals surface area contributed by atoms with Crippen LogP contribution >= 0.6 is 11.8 Å². The maximum absolute atomic E-state index is 8.74. The minimum absolute atomic E-state index is 0.0677. The van der Waals surface area contributed by atoms with E-state index in [2.05, 4.69) is 10.1 Å². The smallest absolute Gasteiger partial charge is 0.261 e. The molecule has 3 N–H and O–H groups in total. The standard InChI is InChI=1S/C12H13N3O2S/c1-7-8(2)17-12(14-7)18-10-6-4-3-5-9(10)11(13)15-16/h3-6,16H,1-2H3,(H2,13,15). The predicted octanol–water partition coefficient (Wildman–Crippen LogP) is 2.54. The van der Waals surface area contributed by atoms with Crippen molar-refractivity contribution in [2.45, 2.75) is 24.0 Å². The third kappa shape index (κ3) is 2.48. The second-order valence-corrected chi connectivity index (χ2v) is 4.70. The van der Waals surface area contributed by atoms with Gasteiger partial charge >= 0.3 is 0 Å². The fraction of sp³-hybridized carbons (Fsp3) is 0.167. The molecule has 0 saturated heterocycles. The van der Waals surface area contributed by atoms with Crippen molar-refractivity contribution < 1.29 is 9.62 Å². The Labute approximate surface area is 109 Å². The molecular weight excluding hydrogens is 250 g/mol. The number of benzene rings is 1. The summed E-state index contributed by atoms with van der Waals surface area (Å²) >= 11 is 1.34. The summed E-state index contributed by atoms with van der Waals surface area (Å²) in [7, 11) is 0. The van der Waals surface area contributed by atoms with E-state index in [1.165, 1.54) is 11.8 Å². The van der Waals surface area contributed by atoms with Crippen LogP contribution in [0.25, 0.3) is 0 Å². The van der Waals surface area contributed by atoms with Crippen LogP contribution in [0.2, 0.25) is 0 Å². The second kappa shape index (κ2) is 5.14. The van der Waals surface area contributed by atoms with E-state index in [1.807, 2.05) is 32.0 Å². The SMILES string of the molecule is Cc1nc(Sc2ccccc2/C(N)=N/O)oc1C. The first-order valence-electron chi connectivity index (χ1n) is 5.30. The first-order valence-corrected chi connectivity index (χ1v) is 6.12. The zero-order chi connectivity index (χ0) is 13.1. The van der Waals surface area contributed by atoms with Gasteiger partial charge in [-0.2, -0.15) is 0 Å². The third-order valence-corrected chi connectivity index (χ3v) is 3.40.